The highest BCUT2D eigenvalue weighted by Crippen LogP contribution is 2.18. The van der Waals surface area contributed by atoms with Crippen molar-refractivity contribution >= 4 is 0 Å². The molecule has 0 aliphatic carbocycles. The maximum absolute atomic E-state index is 5.02. The zero-order chi connectivity index (χ0) is 14.7. The maximum atomic E-state index is 5.02. The van der Waals surface area contributed by atoms with E-state index in [1.54, 1.807) is 12.4 Å². The molecule has 0 atom stereocenters. The molecule has 0 fully saturated rings. The van der Waals surface area contributed by atoms with Crippen LogP contribution in [0, 0.1) is 0 Å². The number of methoxy groups -OCH3 is 2. The van der Waals surface area contributed by atoms with E-state index in [0.717, 1.165) is 0 Å². The van der Waals surface area contributed by atoms with Crippen molar-refractivity contribution in [3.05, 3.63) is 24.8 Å². The zero-order valence-electron chi connectivity index (χ0n) is 11.3. The number of aromatic nitrogens is 7. The molecule has 0 bridgehead atoms. The predicted octanol–water partition coefficient (Wildman–Crippen LogP) is 0.736. The molecule has 0 saturated heterocycles. The van der Waals surface area contributed by atoms with Crippen molar-refractivity contribution < 1.29 is 9.47 Å². The second kappa shape index (κ2) is 5.49. The molecule has 0 aromatic carbocycles. The molecular formula is C12H11N7O2. The van der Waals surface area contributed by atoms with Gasteiger partial charge in [-0.25, -0.2) is 15.0 Å². The van der Waals surface area contributed by atoms with Gasteiger partial charge in [-0.15, -0.1) is 0 Å². The first kappa shape index (κ1) is 12.9. The van der Waals surface area contributed by atoms with Crippen LogP contribution in [0.25, 0.3) is 23.0 Å². The third-order valence-corrected chi connectivity index (χ3v) is 2.60. The van der Waals surface area contributed by atoms with E-state index in [4.69, 9.17) is 9.47 Å². The zero-order valence-corrected chi connectivity index (χ0v) is 11.3. The molecule has 0 radical (unpaired) electrons. The fourth-order valence-electron chi connectivity index (χ4n) is 1.61. The van der Waals surface area contributed by atoms with Gasteiger partial charge in [0, 0.05) is 0 Å². The maximum Gasteiger partial charge on any atom is 0.232 e. The summed E-state index contributed by atoms with van der Waals surface area (Å²) in [7, 11) is 3.04. The van der Waals surface area contributed by atoms with E-state index >= 15 is 0 Å². The summed E-state index contributed by atoms with van der Waals surface area (Å²) in [5.74, 6) is 1.63. The van der Waals surface area contributed by atoms with E-state index in [1.807, 2.05) is 0 Å². The number of rotatable bonds is 4. The molecule has 1 N–H and O–H groups in total. The van der Waals surface area contributed by atoms with Gasteiger partial charge >= 0.3 is 0 Å². The number of nitrogens with zero attached hydrogens (tertiary/aromatic N) is 6. The fourth-order valence-corrected chi connectivity index (χ4v) is 1.61. The Bertz CT molecular complexity index is 697. The topological polar surface area (TPSA) is 112 Å². The Hall–Kier alpha value is -3.10. The van der Waals surface area contributed by atoms with Crippen LogP contribution in [0.1, 0.15) is 0 Å². The van der Waals surface area contributed by atoms with E-state index in [-0.39, 0.29) is 0 Å². The van der Waals surface area contributed by atoms with E-state index in [0.29, 0.717) is 34.8 Å². The number of hydrogen-bond donors (Lipinski definition) is 1. The molecule has 3 aromatic rings. The predicted molar refractivity (Wildman–Crippen MR) is 71.5 cm³/mol. The summed E-state index contributed by atoms with van der Waals surface area (Å²) < 4.78 is 10.0. The van der Waals surface area contributed by atoms with Gasteiger partial charge in [0.2, 0.25) is 17.6 Å². The minimum Gasteiger partial charge on any atom is -0.480 e. The van der Waals surface area contributed by atoms with E-state index in [9.17, 15) is 0 Å². The van der Waals surface area contributed by atoms with Crippen LogP contribution in [0.4, 0.5) is 0 Å². The quantitative estimate of drug-likeness (QED) is 0.746. The molecule has 106 valence electrons. The number of H-pyrrole nitrogens is 1. The minimum atomic E-state index is 0.389. The first-order valence-electron chi connectivity index (χ1n) is 5.95. The van der Waals surface area contributed by atoms with Crippen LogP contribution in [0.5, 0.6) is 11.8 Å². The Balaban J connectivity index is 1.95. The van der Waals surface area contributed by atoms with Gasteiger partial charge in [-0.3, -0.25) is 15.1 Å². The van der Waals surface area contributed by atoms with E-state index in [2.05, 4.69) is 35.1 Å². The lowest BCUT2D eigenvalue weighted by Gasteiger charge is -1.99. The lowest BCUT2D eigenvalue weighted by Crippen LogP contribution is -1.93. The molecule has 0 amide bonds. The summed E-state index contributed by atoms with van der Waals surface area (Å²) in [6.07, 6.45) is 6.12. The Morgan fingerprint density at radius 1 is 0.810 bits per heavy atom. The van der Waals surface area contributed by atoms with Crippen molar-refractivity contribution in [1.29, 1.82) is 0 Å². The molecule has 0 aliphatic rings. The minimum absolute atomic E-state index is 0.389. The first-order valence-corrected chi connectivity index (χ1v) is 5.95. The highest BCUT2D eigenvalue weighted by atomic mass is 16.5. The SMILES string of the molecule is COc1cncc(-c2n[nH]c(-c3cncc(OC)n3)n2)n1. The van der Waals surface area contributed by atoms with Crippen molar-refractivity contribution in [1.82, 2.24) is 35.1 Å². The number of aromatic amines is 1. The molecule has 0 saturated carbocycles. The van der Waals surface area contributed by atoms with Crippen molar-refractivity contribution in [3.63, 3.8) is 0 Å². The third kappa shape index (κ3) is 2.61. The fraction of sp³-hybridized carbons (Fsp3) is 0.167. The summed E-state index contributed by atoms with van der Waals surface area (Å²) in [5.41, 5.74) is 1.01. The van der Waals surface area contributed by atoms with Gasteiger partial charge in [-0.1, -0.05) is 0 Å². The van der Waals surface area contributed by atoms with Crippen LogP contribution >= 0.6 is 0 Å². The molecule has 9 heteroatoms. The molecular weight excluding hydrogens is 274 g/mol. The van der Waals surface area contributed by atoms with Crippen LogP contribution in [-0.4, -0.2) is 49.3 Å². The summed E-state index contributed by atoms with van der Waals surface area (Å²) in [6, 6.07) is 0. The molecule has 3 heterocycles. The number of nitrogens with one attached hydrogen (secondary N) is 1. The summed E-state index contributed by atoms with van der Waals surface area (Å²) in [4.78, 5) is 20.8. The smallest absolute Gasteiger partial charge is 0.232 e. The number of hydrogen-bond acceptors (Lipinski definition) is 8. The molecule has 3 aromatic heterocycles. The molecule has 0 aliphatic heterocycles. The average Bonchev–Trinajstić information content (AvgIpc) is 3.05. The van der Waals surface area contributed by atoms with Gasteiger partial charge in [0.1, 0.15) is 11.4 Å². The Kier molecular flexibility index (Phi) is 3.37. The Morgan fingerprint density at radius 2 is 1.43 bits per heavy atom. The van der Waals surface area contributed by atoms with Crippen molar-refractivity contribution in [2.45, 2.75) is 0 Å². The Morgan fingerprint density at radius 3 is 2.10 bits per heavy atom. The third-order valence-electron chi connectivity index (χ3n) is 2.60. The van der Waals surface area contributed by atoms with Crippen molar-refractivity contribution in [2.75, 3.05) is 14.2 Å². The highest BCUT2D eigenvalue weighted by molar-refractivity contribution is 5.55. The average molecular weight is 285 g/mol. The van der Waals surface area contributed by atoms with E-state index in [1.165, 1.54) is 26.6 Å². The normalized spacial score (nSPS) is 10.4. The Labute approximate surface area is 119 Å². The monoisotopic (exact) mass is 285 g/mol. The van der Waals surface area contributed by atoms with Crippen LogP contribution in [-0.2, 0) is 0 Å². The van der Waals surface area contributed by atoms with Crippen LogP contribution in [0.15, 0.2) is 24.8 Å². The van der Waals surface area contributed by atoms with E-state index < -0.39 is 0 Å². The van der Waals surface area contributed by atoms with Crippen molar-refractivity contribution in [2.24, 2.45) is 0 Å². The first-order chi connectivity index (χ1) is 10.3. The lowest BCUT2D eigenvalue weighted by molar-refractivity contribution is 0.396. The molecule has 3 rings (SSSR count). The largest absolute Gasteiger partial charge is 0.480 e. The summed E-state index contributed by atoms with van der Waals surface area (Å²) >= 11 is 0. The number of ether oxygens (including phenoxy) is 2. The van der Waals surface area contributed by atoms with Gasteiger partial charge < -0.3 is 9.47 Å². The van der Waals surface area contributed by atoms with Gasteiger partial charge in [0.05, 0.1) is 39.0 Å². The standard InChI is InChI=1S/C12H11N7O2/c1-20-9-5-13-3-7(15-9)11-17-12(19-18-11)8-4-14-6-10(16-8)21-2/h3-6H,1-2H3,(H,17,18,19). The van der Waals surface area contributed by atoms with Crippen LogP contribution < -0.4 is 9.47 Å². The second-order valence-corrected chi connectivity index (χ2v) is 3.90. The summed E-state index contributed by atoms with van der Waals surface area (Å²) in [5, 5.41) is 6.87. The molecule has 9 nitrogen and oxygen atoms in total. The highest BCUT2D eigenvalue weighted by Gasteiger charge is 2.12. The summed E-state index contributed by atoms with van der Waals surface area (Å²) in [6.45, 7) is 0. The molecule has 0 spiro atoms. The van der Waals surface area contributed by atoms with Crippen LogP contribution in [0.2, 0.25) is 0 Å². The molecule has 0 unspecified atom stereocenters. The van der Waals surface area contributed by atoms with Gasteiger partial charge in [0.15, 0.2) is 5.82 Å². The van der Waals surface area contributed by atoms with Gasteiger partial charge in [0.25, 0.3) is 0 Å². The van der Waals surface area contributed by atoms with Crippen molar-refractivity contribution in [3.8, 4) is 34.8 Å². The van der Waals surface area contributed by atoms with Gasteiger partial charge in [-0.2, -0.15) is 5.10 Å². The lowest BCUT2D eigenvalue weighted by atomic mass is 10.4. The second-order valence-electron chi connectivity index (χ2n) is 3.90. The molecule has 21 heavy (non-hydrogen) atoms. The van der Waals surface area contributed by atoms with Crippen LogP contribution in [0.3, 0.4) is 0 Å². The van der Waals surface area contributed by atoms with Gasteiger partial charge in [-0.05, 0) is 0 Å².